The van der Waals surface area contributed by atoms with Crippen molar-refractivity contribution in [1.82, 2.24) is 0 Å². The third kappa shape index (κ3) is 3.53. The lowest BCUT2D eigenvalue weighted by Crippen LogP contribution is -2.56. The van der Waals surface area contributed by atoms with Crippen LogP contribution in [0.25, 0.3) is 0 Å². The highest BCUT2D eigenvalue weighted by atomic mass is 19.1. The van der Waals surface area contributed by atoms with E-state index in [1.807, 2.05) is 0 Å². The molecule has 30 heavy (non-hydrogen) atoms. The summed E-state index contributed by atoms with van der Waals surface area (Å²) >= 11 is 0. The molecule has 0 radical (unpaired) electrons. The number of hydrogen-bond acceptors (Lipinski definition) is 3. The first-order chi connectivity index (χ1) is 14.2. The lowest BCUT2D eigenvalue weighted by Gasteiger charge is -2.62. The smallest absolute Gasteiger partial charge is 0.305 e. The van der Waals surface area contributed by atoms with Crippen molar-refractivity contribution in [2.24, 2.45) is 46.3 Å². The highest BCUT2D eigenvalue weighted by molar-refractivity contribution is 5.69. The van der Waals surface area contributed by atoms with Crippen LogP contribution in [0.15, 0.2) is 0 Å². The van der Waals surface area contributed by atoms with Crippen LogP contribution in [0, 0.1) is 46.3 Å². The van der Waals surface area contributed by atoms with Crippen molar-refractivity contribution >= 4 is 5.97 Å². The van der Waals surface area contributed by atoms with E-state index in [0.717, 1.165) is 37.0 Å². The molecule has 4 heteroatoms. The zero-order chi connectivity index (χ0) is 21.7. The van der Waals surface area contributed by atoms with E-state index in [1.54, 1.807) is 0 Å². The number of carbonyl (C=O) groups is 1. The number of rotatable bonds is 5. The van der Waals surface area contributed by atoms with E-state index in [0.29, 0.717) is 42.4 Å². The van der Waals surface area contributed by atoms with Crippen LogP contribution in [-0.2, 0) is 9.53 Å². The minimum atomic E-state index is -1.06. The largest absolute Gasteiger partial charge is 0.469 e. The topological polar surface area (TPSA) is 46.5 Å². The van der Waals surface area contributed by atoms with E-state index in [9.17, 15) is 14.3 Å². The number of carbonyl (C=O) groups excluding carboxylic acids is 1. The third-order valence-corrected chi connectivity index (χ3v) is 10.9. The van der Waals surface area contributed by atoms with Crippen molar-refractivity contribution in [3.63, 3.8) is 0 Å². The summed E-state index contributed by atoms with van der Waals surface area (Å²) in [5.41, 5.74) is -0.387. The van der Waals surface area contributed by atoms with Crippen molar-refractivity contribution in [2.75, 3.05) is 13.8 Å². The van der Waals surface area contributed by atoms with Gasteiger partial charge in [0, 0.05) is 6.42 Å². The molecule has 4 aliphatic carbocycles. The summed E-state index contributed by atoms with van der Waals surface area (Å²) in [6.45, 7) is 6.79. The Balaban J connectivity index is 1.48. The van der Waals surface area contributed by atoms with Crippen molar-refractivity contribution in [3.05, 3.63) is 0 Å². The molecule has 0 aliphatic heterocycles. The molecule has 1 N–H and O–H groups in total. The predicted octanol–water partition coefficient (Wildman–Crippen LogP) is 5.94. The fourth-order valence-electron chi connectivity index (χ4n) is 9.07. The van der Waals surface area contributed by atoms with Crippen molar-refractivity contribution in [3.8, 4) is 0 Å². The first-order valence-corrected chi connectivity index (χ1v) is 12.5. The van der Waals surface area contributed by atoms with Gasteiger partial charge in [0.25, 0.3) is 0 Å². The van der Waals surface area contributed by atoms with Crippen LogP contribution >= 0.6 is 0 Å². The van der Waals surface area contributed by atoms with Gasteiger partial charge in [0.1, 0.15) is 6.67 Å². The van der Waals surface area contributed by atoms with Gasteiger partial charge < -0.3 is 9.84 Å². The summed E-state index contributed by atoms with van der Waals surface area (Å²) in [5.74, 6) is 4.00. The van der Waals surface area contributed by atoms with E-state index in [2.05, 4.69) is 20.8 Å². The van der Waals surface area contributed by atoms with Gasteiger partial charge in [-0.2, -0.15) is 0 Å². The van der Waals surface area contributed by atoms with Gasteiger partial charge in [-0.3, -0.25) is 4.79 Å². The van der Waals surface area contributed by atoms with Gasteiger partial charge in [0.05, 0.1) is 12.7 Å². The predicted molar refractivity (Wildman–Crippen MR) is 117 cm³/mol. The van der Waals surface area contributed by atoms with Crippen LogP contribution in [-0.4, -0.2) is 30.5 Å². The van der Waals surface area contributed by atoms with Crippen molar-refractivity contribution in [2.45, 2.75) is 97.0 Å². The molecule has 3 nitrogen and oxygen atoms in total. The molecule has 0 spiro atoms. The van der Waals surface area contributed by atoms with Crippen LogP contribution in [0.4, 0.5) is 4.39 Å². The maximum atomic E-state index is 13.5. The molecule has 172 valence electrons. The second kappa shape index (κ2) is 8.05. The van der Waals surface area contributed by atoms with Gasteiger partial charge in [-0.1, -0.05) is 20.8 Å². The first kappa shape index (κ1) is 22.6. The summed E-state index contributed by atoms with van der Waals surface area (Å²) in [6, 6.07) is 0. The summed E-state index contributed by atoms with van der Waals surface area (Å²) in [4.78, 5) is 11.7. The van der Waals surface area contributed by atoms with Crippen LogP contribution in [0.1, 0.15) is 91.4 Å². The molecule has 0 bridgehead atoms. The maximum absolute atomic E-state index is 13.5. The summed E-state index contributed by atoms with van der Waals surface area (Å²) in [5, 5.41) is 10.6. The Labute approximate surface area is 182 Å². The first-order valence-electron chi connectivity index (χ1n) is 12.5. The highest BCUT2D eigenvalue weighted by Gasteiger charge is 2.61. The Bertz CT molecular complexity index is 652. The quantitative estimate of drug-likeness (QED) is 0.558. The molecule has 0 amide bonds. The lowest BCUT2D eigenvalue weighted by atomic mass is 9.43. The van der Waals surface area contributed by atoms with Crippen LogP contribution in [0.3, 0.4) is 0 Å². The number of hydrogen-bond donors (Lipinski definition) is 1. The van der Waals surface area contributed by atoms with Gasteiger partial charge in [-0.05, 0) is 111 Å². The van der Waals surface area contributed by atoms with Gasteiger partial charge >= 0.3 is 5.97 Å². The van der Waals surface area contributed by atoms with Gasteiger partial charge in [0.2, 0.25) is 0 Å². The van der Waals surface area contributed by atoms with E-state index in [4.69, 9.17) is 4.74 Å². The summed E-state index contributed by atoms with van der Waals surface area (Å²) in [7, 11) is 1.48. The zero-order valence-electron chi connectivity index (χ0n) is 19.6. The fraction of sp³-hybridized carbons (Fsp3) is 0.962. The fourth-order valence-corrected chi connectivity index (χ4v) is 9.07. The van der Waals surface area contributed by atoms with Crippen LogP contribution < -0.4 is 0 Å². The molecule has 0 heterocycles. The van der Waals surface area contributed by atoms with Crippen molar-refractivity contribution in [1.29, 1.82) is 0 Å². The summed E-state index contributed by atoms with van der Waals surface area (Å²) in [6.07, 6.45) is 11.4. The molecular weight excluding hydrogens is 379 g/mol. The van der Waals surface area contributed by atoms with E-state index < -0.39 is 12.3 Å². The second-order valence-electron chi connectivity index (χ2n) is 12.0. The number of methoxy groups -OCH3 is 1. The SMILES string of the molecule is COC(=O)CC[C@@H](C)[C@H]1CCC2C3CC[C@@H]4C[C@](O)(CF)CC[C@]4(C)C3CC[C@@]21C. The molecule has 0 aromatic heterocycles. The Morgan fingerprint density at radius 1 is 1.07 bits per heavy atom. The van der Waals surface area contributed by atoms with Crippen LogP contribution in [0.2, 0.25) is 0 Å². The van der Waals surface area contributed by atoms with Crippen molar-refractivity contribution < 1.29 is 19.0 Å². The van der Waals surface area contributed by atoms with Crippen LogP contribution in [0.5, 0.6) is 0 Å². The van der Waals surface area contributed by atoms with E-state index >= 15 is 0 Å². The standard InChI is InChI=1S/C26H43FO3/c1-17(5-10-23(28)30-4)20-8-9-21-19-7-6-18-15-26(29,16-27)14-13-24(18,2)22(19)11-12-25(20,21)3/h17-22,29H,5-16H2,1-4H3/t17-,18-,19?,20-,21?,22?,24+,25-,26+/m1/s1. The Kier molecular flexibility index (Phi) is 6.05. The molecular formula is C26H43FO3. The minimum Gasteiger partial charge on any atom is -0.469 e. The average molecular weight is 423 g/mol. The monoisotopic (exact) mass is 422 g/mol. The number of fused-ring (bicyclic) bond motifs is 5. The van der Waals surface area contributed by atoms with E-state index in [-0.39, 0.29) is 11.4 Å². The number of esters is 1. The Morgan fingerprint density at radius 3 is 2.50 bits per heavy atom. The third-order valence-electron chi connectivity index (χ3n) is 10.9. The summed E-state index contributed by atoms with van der Waals surface area (Å²) < 4.78 is 18.4. The maximum Gasteiger partial charge on any atom is 0.305 e. The van der Waals surface area contributed by atoms with E-state index in [1.165, 1.54) is 39.2 Å². The normalized spacial score (nSPS) is 48.9. The Morgan fingerprint density at radius 2 is 1.80 bits per heavy atom. The molecule has 4 fully saturated rings. The molecule has 0 saturated heterocycles. The molecule has 0 aromatic carbocycles. The number of aliphatic hydroxyl groups is 1. The second-order valence-corrected chi connectivity index (χ2v) is 12.0. The molecule has 3 unspecified atom stereocenters. The molecule has 4 saturated carbocycles. The Hall–Kier alpha value is -0.640. The molecule has 9 atom stereocenters. The van der Waals surface area contributed by atoms with Gasteiger partial charge in [-0.25, -0.2) is 4.39 Å². The molecule has 0 aromatic rings. The number of alkyl halides is 1. The van der Waals surface area contributed by atoms with Gasteiger partial charge in [-0.15, -0.1) is 0 Å². The number of halogens is 1. The number of ether oxygens (including phenoxy) is 1. The highest BCUT2D eigenvalue weighted by Crippen LogP contribution is 2.68. The lowest BCUT2D eigenvalue weighted by molar-refractivity contribution is -0.156. The molecule has 4 rings (SSSR count). The van der Waals surface area contributed by atoms with Gasteiger partial charge in [0.15, 0.2) is 0 Å². The zero-order valence-corrected chi connectivity index (χ0v) is 19.6. The molecule has 4 aliphatic rings. The average Bonchev–Trinajstić information content (AvgIpc) is 3.09. The minimum absolute atomic E-state index is 0.0814.